The van der Waals surface area contributed by atoms with Crippen LogP contribution in [-0.2, 0) is 5.21 Å². The second-order valence-electron chi connectivity index (χ2n) is 4.41. The molecule has 1 fully saturated rings. The maximum atomic E-state index is 11.5. The molecule has 0 spiro atoms. The normalized spacial score (nSPS) is 36.0. The molecule has 0 aromatic heterocycles. The highest BCUT2D eigenvalue weighted by molar-refractivity contribution is 5.01. The summed E-state index contributed by atoms with van der Waals surface area (Å²) < 4.78 is 0. The van der Waals surface area contributed by atoms with Crippen molar-refractivity contribution in [3.63, 3.8) is 0 Å². The predicted molar refractivity (Wildman–Crippen MR) is 43.3 cm³/mol. The molecule has 1 unspecified atom stereocenters. The molecule has 1 saturated heterocycles. The Labute approximate surface area is 68.3 Å². The van der Waals surface area contributed by atoms with Gasteiger partial charge in [-0.05, 0) is 34.6 Å². The number of nitrogens with one attached hydrogen (secondary N) is 1. The Hall–Kier alpha value is -0.120. The third-order valence-electron chi connectivity index (χ3n) is 2.58. The Morgan fingerprint density at radius 1 is 1.27 bits per heavy atom. The van der Waals surface area contributed by atoms with Gasteiger partial charge < -0.3 is 0 Å². The highest BCUT2D eigenvalue weighted by Gasteiger charge is 2.48. The molecule has 1 rings (SSSR count). The lowest BCUT2D eigenvalue weighted by Gasteiger charge is -2.24. The van der Waals surface area contributed by atoms with E-state index in [1.165, 1.54) is 0 Å². The van der Waals surface area contributed by atoms with Gasteiger partial charge in [0.05, 0.1) is 11.7 Å². The van der Waals surface area contributed by atoms with Crippen LogP contribution in [0.2, 0.25) is 0 Å². The molecule has 0 aromatic rings. The standard InChI is InChI=1S/C8H17N2O/c1-6-7(2,3)9-8(4,5)10(6)11/h6,9H,1-5H3. The van der Waals surface area contributed by atoms with Crippen molar-refractivity contribution in [3.8, 4) is 0 Å². The largest absolute Gasteiger partial charge is 0.291 e. The monoisotopic (exact) mass is 157 g/mol. The summed E-state index contributed by atoms with van der Waals surface area (Å²) in [6.45, 7) is 9.87. The minimum Gasteiger partial charge on any atom is -0.291 e. The van der Waals surface area contributed by atoms with Crippen molar-refractivity contribution in [1.29, 1.82) is 0 Å². The SMILES string of the molecule is CC1N([O])C(C)(C)NC1(C)C. The van der Waals surface area contributed by atoms with Crippen molar-refractivity contribution in [2.45, 2.75) is 51.9 Å². The van der Waals surface area contributed by atoms with Gasteiger partial charge in [-0.1, -0.05) is 0 Å². The summed E-state index contributed by atoms with van der Waals surface area (Å²) in [6.07, 6.45) is 0. The molecule has 65 valence electrons. The molecule has 11 heavy (non-hydrogen) atoms. The van der Waals surface area contributed by atoms with Crippen LogP contribution in [0.5, 0.6) is 0 Å². The number of hydrogen-bond acceptors (Lipinski definition) is 2. The van der Waals surface area contributed by atoms with Gasteiger partial charge in [0.2, 0.25) is 0 Å². The third kappa shape index (κ3) is 1.28. The number of hydrogen-bond donors (Lipinski definition) is 1. The lowest BCUT2D eigenvalue weighted by atomic mass is 9.99. The van der Waals surface area contributed by atoms with E-state index in [0.717, 1.165) is 5.06 Å². The Bertz CT molecular complexity index is 147. The zero-order valence-electron chi connectivity index (χ0n) is 7.93. The van der Waals surface area contributed by atoms with E-state index in [1.54, 1.807) is 0 Å². The van der Waals surface area contributed by atoms with Gasteiger partial charge in [0, 0.05) is 5.54 Å². The molecule has 1 N–H and O–H groups in total. The Morgan fingerprint density at radius 3 is 1.82 bits per heavy atom. The molecule has 0 aliphatic carbocycles. The molecule has 0 bridgehead atoms. The Balaban J connectivity index is 2.86. The van der Waals surface area contributed by atoms with Crippen LogP contribution >= 0.6 is 0 Å². The van der Waals surface area contributed by atoms with Gasteiger partial charge in [0.15, 0.2) is 0 Å². The first kappa shape index (κ1) is 8.97. The molecule has 1 aliphatic rings. The van der Waals surface area contributed by atoms with Gasteiger partial charge in [-0.25, -0.2) is 0 Å². The van der Waals surface area contributed by atoms with E-state index in [0.29, 0.717) is 0 Å². The first-order valence-electron chi connectivity index (χ1n) is 4.03. The lowest BCUT2D eigenvalue weighted by Crippen LogP contribution is -2.47. The van der Waals surface area contributed by atoms with E-state index in [4.69, 9.17) is 0 Å². The zero-order valence-corrected chi connectivity index (χ0v) is 7.93. The number of hydroxylamine groups is 2. The van der Waals surface area contributed by atoms with Gasteiger partial charge in [-0.15, -0.1) is 10.3 Å². The molecule has 0 amide bonds. The summed E-state index contributed by atoms with van der Waals surface area (Å²) >= 11 is 0. The molecular weight excluding hydrogens is 140 g/mol. The molecule has 1 atom stereocenters. The van der Waals surface area contributed by atoms with Crippen LogP contribution in [0.25, 0.3) is 0 Å². The van der Waals surface area contributed by atoms with E-state index in [2.05, 4.69) is 19.2 Å². The number of nitrogens with zero attached hydrogens (tertiary/aromatic N) is 1. The first-order valence-corrected chi connectivity index (χ1v) is 4.03. The van der Waals surface area contributed by atoms with E-state index >= 15 is 0 Å². The Kier molecular flexibility index (Phi) is 1.78. The van der Waals surface area contributed by atoms with E-state index in [9.17, 15) is 5.21 Å². The van der Waals surface area contributed by atoms with Crippen LogP contribution in [0.1, 0.15) is 34.6 Å². The van der Waals surface area contributed by atoms with Crippen LogP contribution < -0.4 is 5.32 Å². The summed E-state index contributed by atoms with van der Waals surface area (Å²) in [7, 11) is 0. The summed E-state index contributed by atoms with van der Waals surface area (Å²) in [6, 6.07) is 0.0394. The van der Waals surface area contributed by atoms with Crippen LogP contribution in [-0.4, -0.2) is 22.3 Å². The van der Waals surface area contributed by atoms with Crippen molar-refractivity contribution < 1.29 is 5.21 Å². The molecule has 1 aliphatic heterocycles. The van der Waals surface area contributed by atoms with Gasteiger partial charge in [0.1, 0.15) is 0 Å². The molecule has 0 aromatic carbocycles. The van der Waals surface area contributed by atoms with Crippen LogP contribution in [0.15, 0.2) is 0 Å². The minimum absolute atomic E-state index is 0.0394. The zero-order chi connectivity index (χ0) is 8.86. The fourth-order valence-electron chi connectivity index (χ4n) is 1.73. The van der Waals surface area contributed by atoms with Gasteiger partial charge >= 0.3 is 0 Å². The van der Waals surface area contributed by atoms with E-state index in [1.807, 2.05) is 20.8 Å². The third-order valence-corrected chi connectivity index (χ3v) is 2.58. The van der Waals surface area contributed by atoms with Crippen LogP contribution in [0, 0.1) is 0 Å². The molecule has 3 nitrogen and oxygen atoms in total. The maximum Gasteiger partial charge on any atom is 0.0935 e. The molecule has 0 saturated carbocycles. The summed E-state index contributed by atoms with van der Waals surface area (Å²) in [5.41, 5.74) is -0.492. The Morgan fingerprint density at radius 2 is 1.73 bits per heavy atom. The van der Waals surface area contributed by atoms with Gasteiger partial charge in [0.25, 0.3) is 0 Å². The van der Waals surface area contributed by atoms with Crippen LogP contribution in [0.4, 0.5) is 0 Å². The van der Waals surface area contributed by atoms with Crippen molar-refractivity contribution in [2.24, 2.45) is 0 Å². The fourth-order valence-corrected chi connectivity index (χ4v) is 1.73. The summed E-state index contributed by atoms with van der Waals surface area (Å²) in [4.78, 5) is 0. The average molecular weight is 157 g/mol. The molecule has 1 heterocycles. The summed E-state index contributed by atoms with van der Waals surface area (Å²) in [5, 5.41) is 15.9. The van der Waals surface area contributed by atoms with Crippen molar-refractivity contribution >= 4 is 0 Å². The second kappa shape index (κ2) is 2.19. The maximum absolute atomic E-state index is 11.5. The minimum atomic E-state index is -0.414. The average Bonchev–Trinajstić information content (AvgIpc) is 1.91. The highest BCUT2D eigenvalue weighted by Crippen LogP contribution is 2.30. The fraction of sp³-hybridized carbons (Fsp3) is 1.00. The smallest absolute Gasteiger partial charge is 0.0935 e. The first-order chi connectivity index (χ1) is 4.77. The topological polar surface area (TPSA) is 35.2 Å². The van der Waals surface area contributed by atoms with Crippen LogP contribution in [0.3, 0.4) is 0 Å². The van der Waals surface area contributed by atoms with Crippen molar-refractivity contribution in [2.75, 3.05) is 0 Å². The molecular formula is C8H17N2O. The summed E-state index contributed by atoms with van der Waals surface area (Å²) in [5.74, 6) is 0. The molecule has 3 heteroatoms. The highest BCUT2D eigenvalue weighted by atomic mass is 16.5. The van der Waals surface area contributed by atoms with E-state index < -0.39 is 5.66 Å². The van der Waals surface area contributed by atoms with Gasteiger partial charge in [-0.2, -0.15) is 0 Å². The molecule has 1 radical (unpaired) electrons. The number of rotatable bonds is 0. The lowest BCUT2D eigenvalue weighted by molar-refractivity contribution is -0.221. The van der Waals surface area contributed by atoms with Crippen molar-refractivity contribution in [1.82, 2.24) is 10.4 Å². The quantitative estimate of drug-likeness (QED) is 0.572. The predicted octanol–water partition coefficient (Wildman–Crippen LogP) is 1.14. The van der Waals surface area contributed by atoms with E-state index in [-0.39, 0.29) is 11.6 Å². The van der Waals surface area contributed by atoms with Crippen molar-refractivity contribution in [3.05, 3.63) is 0 Å². The van der Waals surface area contributed by atoms with Gasteiger partial charge in [-0.3, -0.25) is 5.32 Å². The second-order valence-corrected chi connectivity index (χ2v) is 4.41.